The van der Waals surface area contributed by atoms with Crippen LogP contribution in [0.25, 0.3) is 11.0 Å². The maximum absolute atomic E-state index is 10.5. The fraction of sp³-hybridized carbons (Fsp3) is 0.357. The molecular formula is C14H17NO4. The first-order valence-electron chi connectivity index (χ1n) is 6.10. The zero-order valence-electron chi connectivity index (χ0n) is 10.7. The Morgan fingerprint density at radius 1 is 1.42 bits per heavy atom. The monoisotopic (exact) mass is 263 g/mol. The predicted octanol–water partition coefficient (Wildman–Crippen LogP) is 1.70. The van der Waals surface area contributed by atoms with E-state index in [2.05, 4.69) is 0 Å². The molecule has 0 spiro atoms. The Labute approximate surface area is 111 Å². The molecule has 1 aromatic carbocycles. The molecule has 19 heavy (non-hydrogen) atoms. The van der Waals surface area contributed by atoms with Gasteiger partial charge in [-0.05, 0) is 13.1 Å². The first-order chi connectivity index (χ1) is 9.06. The van der Waals surface area contributed by atoms with Crippen molar-refractivity contribution in [1.29, 1.82) is 0 Å². The van der Waals surface area contributed by atoms with Crippen molar-refractivity contribution in [3.8, 4) is 0 Å². The molecule has 0 saturated heterocycles. The summed E-state index contributed by atoms with van der Waals surface area (Å²) in [7, 11) is 1.84. The summed E-state index contributed by atoms with van der Waals surface area (Å²) in [6.07, 6.45) is 0.599. The van der Waals surface area contributed by atoms with E-state index in [1.54, 1.807) is 6.26 Å². The minimum Gasteiger partial charge on any atom is -0.481 e. The normalized spacial score (nSPS) is 13.0. The van der Waals surface area contributed by atoms with Gasteiger partial charge in [0, 0.05) is 24.0 Å². The summed E-state index contributed by atoms with van der Waals surface area (Å²) < 4.78 is 5.44. The maximum atomic E-state index is 10.5. The van der Waals surface area contributed by atoms with Gasteiger partial charge in [-0.25, -0.2) is 0 Å². The summed E-state index contributed by atoms with van der Waals surface area (Å²) in [5.41, 5.74) is 1.86. The van der Waals surface area contributed by atoms with Crippen molar-refractivity contribution in [2.24, 2.45) is 0 Å². The Bertz CT molecular complexity index is 563. The van der Waals surface area contributed by atoms with E-state index in [4.69, 9.17) is 9.52 Å². The minimum absolute atomic E-state index is 0.240. The standard InChI is InChI=1S/C14H17NO4/c1-15(8-11(16)6-14(17)18)7-10-9-19-13-5-3-2-4-12(10)13/h2-5,9,11,16H,6-8H2,1H3,(H,17,18). The van der Waals surface area contributed by atoms with Crippen molar-refractivity contribution >= 4 is 16.9 Å². The molecule has 5 heteroatoms. The van der Waals surface area contributed by atoms with Crippen LogP contribution in [0, 0.1) is 0 Å². The third kappa shape index (κ3) is 3.56. The SMILES string of the molecule is CN(Cc1coc2ccccc12)CC(O)CC(=O)O. The van der Waals surface area contributed by atoms with E-state index in [1.165, 1.54) is 0 Å². The van der Waals surface area contributed by atoms with Gasteiger partial charge in [-0.15, -0.1) is 0 Å². The van der Waals surface area contributed by atoms with Gasteiger partial charge >= 0.3 is 5.97 Å². The van der Waals surface area contributed by atoms with Crippen LogP contribution in [0.15, 0.2) is 34.9 Å². The third-order valence-corrected chi connectivity index (χ3v) is 2.93. The average Bonchev–Trinajstić information content (AvgIpc) is 2.71. The van der Waals surface area contributed by atoms with Gasteiger partial charge in [-0.1, -0.05) is 18.2 Å². The summed E-state index contributed by atoms with van der Waals surface area (Å²) in [5.74, 6) is -0.991. The van der Waals surface area contributed by atoms with E-state index in [1.807, 2.05) is 36.2 Å². The number of aliphatic carboxylic acids is 1. The number of hydrogen-bond acceptors (Lipinski definition) is 4. The Balaban J connectivity index is 1.99. The summed E-state index contributed by atoms with van der Waals surface area (Å²) in [4.78, 5) is 12.4. The second-order valence-corrected chi connectivity index (χ2v) is 4.71. The molecule has 0 saturated carbocycles. The number of benzene rings is 1. The van der Waals surface area contributed by atoms with Gasteiger partial charge in [0.05, 0.1) is 18.8 Å². The van der Waals surface area contributed by atoms with E-state index < -0.39 is 12.1 Å². The van der Waals surface area contributed by atoms with Crippen molar-refractivity contribution < 1.29 is 19.4 Å². The molecular weight excluding hydrogens is 246 g/mol. The second-order valence-electron chi connectivity index (χ2n) is 4.71. The van der Waals surface area contributed by atoms with E-state index in [-0.39, 0.29) is 6.42 Å². The van der Waals surface area contributed by atoms with Crippen LogP contribution >= 0.6 is 0 Å². The molecule has 0 amide bonds. The zero-order valence-corrected chi connectivity index (χ0v) is 10.7. The molecule has 0 aliphatic rings. The number of rotatable bonds is 6. The van der Waals surface area contributed by atoms with Crippen LogP contribution in [-0.4, -0.2) is 40.8 Å². The number of para-hydroxylation sites is 1. The lowest BCUT2D eigenvalue weighted by molar-refractivity contribution is -0.139. The van der Waals surface area contributed by atoms with E-state index >= 15 is 0 Å². The molecule has 2 N–H and O–H groups in total. The van der Waals surface area contributed by atoms with Crippen LogP contribution in [0.3, 0.4) is 0 Å². The smallest absolute Gasteiger partial charge is 0.306 e. The van der Waals surface area contributed by atoms with Crippen molar-refractivity contribution in [3.63, 3.8) is 0 Å². The molecule has 1 heterocycles. The van der Waals surface area contributed by atoms with Crippen LogP contribution in [0.4, 0.5) is 0 Å². The number of fused-ring (bicyclic) bond motifs is 1. The van der Waals surface area contributed by atoms with Gasteiger partial charge in [0.25, 0.3) is 0 Å². The van der Waals surface area contributed by atoms with Crippen LogP contribution < -0.4 is 0 Å². The highest BCUT2D eigenvalue weighted by molar-refractivity contribution is 5.80. The summed E-state index contributed by atoms with van der Waals surface area (Å²) in [6.45, 7) is 0.916. The number of nitrogens with zero attached hydrogens (tertiary/aromatic N) is 1. The molecule has 0 aliphatic carbocycles. The summed E-state index contributed by atoms with van der Waals surface area (Å²) in [5, 5.41) is 19.2. The number of likely N-dealkylation sites (N-methyl/N-ethyl adjacent to an activating group) is 1. The molecule has 1 unspecified atom stereocenters. The quantitative estimate of drug-likeness (QED) is 0.829. The number of carboxylic acids is 1. The lowest BCUT2D eigenvalue weighted by Gasteiger charge is -2.18. The Morgan fingerprint density at radius 3 is 2.89 bits per heavy atom. The topological polar surface area (TPSA) is 73.9 Å². The maximum Gasteiger partial charge on any atom is 0.306 e. The minimum atomic E-state index is -0.991. The Hall–Kier alpha value is -1.85. The van der Waals surface area contributed by atoms with Crippen molar-refractivity contribution in [1.82, 2.24) is 4.90 Å². The fourth-order valence-electron chi connectivity index (χ4n) is 2.14. The Morgan fingerprint density at radius 2 is 2.16 bits per heavy atom. The molecule has 1 aromatic heterocycles. The molecule has 5 nitrogen and oxygen atoms in total. The first kappa shape index (κ1) is 13.6. The molecule has 0 bridgehead atoms. The van der Waals surface area contributed by atoms with E-state index in [0.717, 1.165) is 16.5 Å². The first-order valence-corrected chi connectivity index (χ1v) is 6.10. The highest BCUT2D eigenvalue weighted by atomic mass is 16.4. The molecule has 0 fully saturated rings. The Kier molecular flexibility index (Phi) is 4.19. The van der Waals surface area contributed by atoms with Crippen molar-refractivity contribution in [2.45, 2.75) is 19.1 Å². The van der Waals surface area contributed by atoms with Gasteiger partial charge in [0.15, 0.2) is 0 Å². The fourth-order valence-corrected chi connectivity index (χ4v) is 2.14. The van der Waals surface area contributed by atoms with Crippen molar-refractivity contribution in [2.75, 3.05) is 13.6 Å². The number of carbonyl (C=O) groups is 1. The zero-order chi connectivity index (χ0) is 13.8. The molecule has 1 atom stereocenters. The largest absolute Gasteiger partial charge is 0.481 e. The number of hydrogen-bond donors (Lipinski definition) is 2. The van der Waals surface area contributed by atoms with Gasteiger partial charge in [0.2, 0.25) is 0 Å². The summed E-state index contributed by atoms with van der Waals surface area (Å²) >= 11 is 0. The van der Waals surface area contributed by atoms with Gasteiger partial charge < -0.3 is 14.6 Å². The van der Waals surface area contributed by atoms with Crippen LogP contribution in [0.1, 0.15) is 12.0 Å². The van der Waals surface area contributed by atoms with Gasteiger partial charge in [-0.3, -0.25) is 9.69 Å². The van der Waals surface area contributed by atoms with Gasteiger partial charge in [0.1, 0.15) is 5.58 Å². The molecule has 2 rings (SSSR count). The lowest BCUT2D eigenvalue weighted by Crippen LogP contribution is -2.30. The molecule has 0 radical (unpaired) electrons. The highest BCUT2D eigenvalue weighted by Crippen LogP contribution is 2.21. The van der Waals surface area contributed by atoms with Crippen molar-refractivity contribution in [3.05, 3.63) is 36.1 Å². The van der Waals surface area contributed by atoms with E-state index in [9.17, 15) is 9.90 Å². The molecule has 102 valence electrons. The van der Waals surface area contributed by atoms with E-state index in [0.29, 0.717) is 13.1 Å². The highest BCUT2D eigenvalue weighted by Gasteiger charge is 2.14. The van der Waals surface area contributed by atoms with Crippen LogP contribution in [-0.2, 0) is 11.3 Å². The predicted molar refractivity (Wildman–Crippen MR) is 70.8 cm³/mol. The average molecular weight is 263 g/mol. The van der Waals surface area contributed by atoms with Crippen LogP contribution in [0.2, 0.25) is 0 Å². The lowest BCUT2D eigenvalue weighted by atomic mass is 10.1. The third-order valence-electron chi connectivity index (χ3n) is 2.93. The summed E-state index contributed by atoms with van der Waals surface area (Å²) in [6, 6.07) is 7.74. The number of aliphatic hydroxyl groups is 1. The van der Waals surface area contributed by atoms with Crippen LogP contribution in [0.5, 0.6) is 0 Å². The number of aliphatic hydroxyl groups excluding tert-OH is 1. The molecule has 0 aliphatic heterocycles. The second kappa shape index (κ2) is 5.86. The number of furan rings is 1. The molecule has 2 aromatic rings. The number of carboxylic acid groups (broad SMARTS) is 1. The van der Waals surface area contributed by atoms with Gasteiger partial charge in [-0.2, -0.15) is 0 Å².